The molecule has 3 rings (SSSR count). The molecule has 0 spiro atoms. The van der Waals surface area contributed by atoms with Crippen molar-refractivity contribution in [3.8, 4) is 17.7 Å². The second kappa shape index (κ2) is 5.37. The Balaban J connectivity index is 1.85. The lowest BCUT2D eigenvalue weighted by Crippen LogP contribution is -2.24. The van der Waals surface area contributed by atoms with Crippen LogP contribution in [0.1, 0.15) is 31.2 Å². The number of anilines is 1. The molecule has 6 heteroatoms. The van der Waals surface area contributed by atoms with Gasteiger partial charge in [0, 0.05) is 26.3 Å². The van der Waals surface area contributed by atoms with E-state index in [1.807, 2.05) is 11.6 Å². The molecule has 0 atom stereocenters. The van der Waals surface area contributed by atoms with Gasteiger partial charge >= 0.3 is 0 Å². The monoisotopic (exact) mass is 271 g/mol. The Hall–Kier alpha value is -2.29. The third-order valence-electron chi connectivity index (χ3n) is 3.66. The molecule has 104 valence electrons. The average molecular weight is 271 g/mol. The van der Waals surface area contributed by atoms with E-state index in [-0.39, 0.29) is 0 Å². The Bertz CT molecular complexity index is 628. The lowest BCUT2D eigenvalue weighted by Gasteiger charge is -2.16. The molecule has 1 fully saturated rings. The zero-order valence-electron chi connectivity index (χ0n) is 11.5. The molecular weight excluding hydrogens is 254 g/mol. The maximum absolute atomic E-state index is 8.92. The van der Waals surface area contributed by atoms with Crippen LogP contribution in [0.4, 0.5) is 5.95 Å². The van der Waals surface area contributed by atoms with Crippen LogP contribution in [0.5, 0.6) is 0 Å². The Morgan fingerprint density at radius 3 is 2.65 bits per heavy atom. The first kappa shape index (κ1) is 12.7. The van der Waals surface area contributed by atoms with E-state index >= 15 is 0 Å². The molecule has 0 bridgehead atoms. The highest BCUT2D eigenvalue weighted by Crippen LogP contribution is 2.23. The van der Waals surface area contributed by atoms with Gasteiger partial charge < -0.3 is 14.0 Å². The first-order valence-electron chi connectivity index (χ1n) is 6.93. The van der Waals surface area contributed by atoms with Crippen LogP contribution in [-0.2, 0) is 7.05 Å². The van der Waals surface area contributed by atoms with Gasteiger partial charge in [0.2, 0.25) is 0 Å². The van der Waals surface area contributed by atoms with E-state index in [1.165, 1.54) is 25.7 Å². The van der Waals surface area contributed by atoms with Gasteiger partial charge in [-0.15, -0.1) is 0 Å². The van der Waals surface area contributed by atoms with Gasteiger partial charge in [0.15, 0.2) is 0 Å². The number of aromatic nitrogens is 3. The Labute approximate surface area is 117 Å². The second-order valence-electron chi connectivity index (χ2n) is 5.14. The summed E-state index contributed by atoms with van der Waals surface area (Å²) in [5.74, 6) is 1.12. The van der Waals surface area contributed by atoms with Gasteiger partial charge in [-0.05, 0) is 24.1 Å². The summed E-state index contributed by atoms with van der Waals surface area (Å²) in [6, 6.07) is 3.88. The summed E-state index contributed by atoms with van der Waals surface area (Å²) >= 11 is 0. The number of rotatable bonds is 2. The van der Waals surface area contributed by atoms with E-state index in [9.17, 15) is 0 Å². The Morgan fingerprint density at radius 1 is 1.25 bits per heavy atom. The minimum absolute atomic E-state index is 0.466. The van der Waals surface area contributed by atoms with Crippen molar-refractivity contribution in [3.63, 3.8) is 0 Å². The van der Waals surface area contributed by atoms with E-state index in [1.54, 1.807) is 12.3 Å². The molecule has 0 amide bonds. The second-order valence-corrected chi connectivity index (χ2v) is 5.14. The molecule has 3 heterocycles. The van der Waals surface area contributed by atoms with Crippen LogP contribution >= 0.6 is 0 Å². The minimum atomic E-state index is 0.466. The van der Waals surface area contributed by atoms with Crippen molar-refractivity contribution >= 4 is 5.95 Å². The molecule has 0 radical (unpaired) electrons. The summed E-state index contributed by atoms with van der Waals surface area (Å²) in [7, 11) is 1.87. The quantitative estimate of drug-likeness (QED) is 0.838. The highest BCUT2D eigenvalue weighted by Gasteiger charge is 2.18. The summed E-state index contributed by atoms with van der Waals surface area (Å²) in [5, 5.41) is 13.0. The van der Waals surface area contributed by atoms with Crippen LogP contribution in [0.2, 0.25) is 0 Å². The smallest absolute Gasteiger partial charge is 0.276 e. The fourth-order valence-electron chi connectivity index (χ4n) is 2.56. The number of aryl methyl sites for hydroxylation is 1. The van der Waals surface area contributed by atoms with Crippen LogP contribution in [-0.4, -0.2) is 27.8 Å². The Morgan fingerprint density at radius 2 is 2.00 bits per heavy atom. The van der Waals surface area contributed by atoms with Crippen molar-refractivity contribution in [3.05, 3.63) is 17.8 Å². The first-order chi connectivity index (χ1) is 9.78. The summed E-state index contributed by atoms with van der Waals surface area (Å²) in [4.78, 5) is 6.65. The lowest BCUT2D eigenvalue weighted by atomic mass is 10.2. The van der Waals surface area contributed by atoms with E-state index in [0.29, 0.717) is 17.4 Å². The molecule has 0 aliphatic carbocycles. The molecular formula is C14H17N5O. The molecule has 1 saturated heterocycles. The normalized spacial score (nSPS) is 15.9. The average Bonchev–Trinajstić information content (AvgIpc) is 2.97. The fourth-order valence-corrected chi connectivity index (χ4v) is 2.56. The number of hydrogen-bond acceptors (Lipinski definition) is 5. The van der Waals surface area contributed by atoms with Gasteiger partial charge in [0.1, 0.15) is 11.8 Å². The van der Waals surface area contributed by atoms with Crippen molar-refractivity contribution in [2.75, 3.05) is 18.0 Å². The fraction of sp³-hybridized carbons (Fsp3) is 0.500. The maximum atomic E-state index is 8.92. The van der Waals surface area contributed by atoms with Crippen molar-refractivity contribution in [1.29, 1.82) is 5.26 Å². The molecule has 2 aromatic heterocycles. The molecule has 1 aliphatic rings. The largest absolute Gasteiger partial charge is 0.345 e. The highest BCUT2D eigenvalue weighted by atomic mass is 16.5. The lowest BCUT2D eigenvalue weighted by molar-refractivity contribution is 0.426. The van der Waals surface area contributed by atoms with Gasteiger partial charge in [-0.1, -0.05) is 12.8 Å². The number of nitriles is 1. The number of nitrogens with zero attached hydrogens (tertiary/aromatic N) is 5. The topological polar surface area (TPSA) is 70.9 Å². The van der Waals surface area contributed by atoms with Gasteiger partial charge in [0.05, 0.1) is 5.56 Å². The van der Waals surface area contributed by atoms with Crippen LogP contribution in [0.25, 0.3) is 11.6 Å². The van der Waals surface area contributed by atoms with Gasteiger partial charge in [0.25, 0.3) is 11.8 Å². The van der Waals surface area contributed by atoms with Crippen molar-refractivity contribution in [2.24, 2.45) is 7.05 Å². The number of hydrogen-bond donors (Lipinski definition) is 0. The van der Waals surface area contributed by atoms with Crippen molar-refractivity contribution < 1.29 is 4.52 Å². The molecule has 0 N–H and O–H groups in total. The third-order valence-corrected chi connectivity index (χ3v) is 3.66. The molecule has 2 aromatic rings. The standard InChI is InChI=1S/C14H17N5O/c1-18-10-11(9-15)8-12(18)13-16-14(17-20-13)19-6-4-2-3-5-7-19/h8,10H,2-7H2,1H3. The first-order valence-corrected chi connectivity index (χ1v) is 6.93. The summed E-state index contributed by atoms with van der Waals surface area (Å²) < 4.78 is 7.18. The Kier molecular flexibility index (Phi) is 3.42. The molecule has 0 saturated carbocycles. The van der Waals surface area contributed by atoms with Gasteiger partial charge in [-0.3, -0.25) is 0 Å². The van der Waals surface area contributed by atoms with Crippen LogP contribution in [0.3, 0.4) is 0 Å². The van der Waals surface area contributed by atoms with E-state index in [4.69, 9.17) is 9.78 Å². The van der Waals surface area contributed by atoms with Crippen LogP contribution in [0, 0.1) is 11.3 Å². The molecule has 0 aromatic carbocycles. The predicted octanol–water partition coefficient (Wildman–Crippen LogP) is 2.33. The summed E-state index contributed by atoms with van der Waals surface area (Å²) in [6.07, 6.45) is 6.64. The van der Waals surface area contributed by atoms with Crippen LogP contribution in [0.15, 0.2) is 16.8 Å². The van der Waals surface area contributed by atoms with Gasteiger partial charge in [-0.25, -0.2) is 0 Å². The van der Waals surface area contributed by atoms with Crippen molar-refractivity contribution in [1.82, 2.24) is 14.7 Å². The molecule has 20 heavy (non-hydrogen) atoms. The minimum Gasteiger partial charge on any atom is -0.345 e. The van der Waals surface area contributed by atoms with Crippen molar-refractivity contribution in [2.45, 2.75) is 25.7 Å². The summed E-state index contributed by atoms with van der Waals surface area (Å²) in [5.41, 5.74) is 1.37. The SMILES string of the molecule is Cn1cc(C#N)cc1-c1nc(N2CCCCCC2)no1. The predicted molar refractivity (Wildman–Crippen MR) is 74.1 cm³/mol. The zero-order chi connectivity index (χ0) is 13.9. The maximum Gasteiger partial charge on any atom is 0.276 e. The molecule has 0 unspecified atom stereocenters. The molecule has 6 nitrogen and oxygen atoms in total. The summed E-state index contributed by atoms with van der Waals surface area (Å²) in [6.45, 7) is 1.96. The zero-order valence-corrected chi connectivity index (χ0v) is 11.5. The van der Waals surface area contributed by atoms with Gasteiger partial charge in [-0.2, -0.15) is 10.2 Å². The van der Waals surface area contributed by atoms with E-state index in [0.717, 1.165) is 18.8 Å². The highest BCUT2D eigenvalue weighted by molar-refractivity contribution is 5.54. The van der Waals surface area contributed by atoms with Crippen LogP contribution < -0.4 is 4.90 Å². The van der Waals surface area contributed by atoms with E-state index in [2.05, 4.69) is 21.1 Å². The van der Waals surface area contributed by atoms with E-state index < -0.39 is 0 Å². The molecule has 1 aliphatic heterocycles. The third kappa shape index (κ3) is 2.39.